The van der Waals surface area contributed by atoms with E-state index < -0.39 is 64.5 Å². The fourth-order valence-corrected chi connectivity index (χ4v) is 7.32. The number of rotatable bonds is 3. The normalized spacial score (nSPS) is 31.7. The number of halogens is 2. The second kappa shape index (κ2) is 8.62. The topological polar surface area (TPSA) is 124 Å². The van der Waals surface area contributed by atoms with Gasteiger partial charge in [0.15, 0.2) is 11.5 Å². The Labute approximate surface area is 227 Å². The number of para-hydroxylation sites is 1. The molecule has 2 N–H and O–H groups in total. The number of amides is 4. The summed E-state index contributed by atoms with van der Waals surface area (Å²) in [7, 11) is 1.39. The molecule has 2 heterocycles. The van der Waals surface area contributed by atoms with Gasteiger partial charge in [-0.1, -0.05) is 35.4 Å². The van der Waals surface area contributed by atoms with Crippen LogP contribution in [0.4, 0.5) is 10.1 Å². The Morgan fingerprint density at radius 3 is 2.51 bits per heavy atom. The van der Waals surface area contributed by atoms with Crippen molar-refractivity contribution in [1.29, 1.82) is 0 Å². The zero-order valence-electron chi connectivity index (χ0n) is 20.9. The summed E-state index contributed by atoms with van der Waals surface area (Å²) in [6.45, 7) is 1.65. The number of allylic oxidation sites excluding steroid dienone is 2. The highest BCUT2D eigenvalue weighted by atomic mass is 35.5. The van der Waals surface area contributed by atoms with Crippen molar-refractivity contribution < 1.29 is 38.6 Å². The highest BCUT2D eigenvalue weighted by Gasteiger charge is 2.68. The number of anilines is 1. The molecule has 2 aliphatic heterocycles. The van der Waals surface area contributed by atoms with Gasteiger partial charge in [0.25, 0.3) is 11.8 Å². The molecule has 0 bridgehead atoms. The largest absolute Gasteiger partial charge is 0.504 e. The van der Waals surface area contributed by atoms with E-state index in [-0.39, 0.29) is 40.1 Å². The van der Waals surface area contributed by atoms with Crippen LogP contribution >= 0.6 is 11.6 Å². The number of hydrogen-bond donors (Lipinski definition) is 2. The molecule has 202 valence electrons. The number of fused-ring (bicyclic) bond motifs is 4. The van der Waals surface area contributed by atoms with Crippen LogP contribution in [0.1, 0.15) is 31.2 Å². The van der Waals surface area contributed by atoms with Gasteiger partial charge in [-0.25, -0.2) is 9.29 Å². The minimum absolute atomic E-state index is 0.0631. The molecule has 0 spiro atoms. The van der Waals surface area contributed by atoms with Crippen molar-refractivity contribution in [3.05, 3.63) is 64.5 Å². The number of hydrogen-bond acceptors (Lipinski definition) is 7. The van der Waals surface area contributed by atoms with Gasteiger partial charge in [-0.05, 0) is 49.9 Å². The van der Waals surface area contributed by atoms with Gasteiger partial charge in [-0.15, -0.1) is 0 Å². The zero-order valence-corrected chi connectivity index (χ0v) is 21.7. The lowest BCUT2D eigenvalue weighted by atomic mass is 9.51. The number of carbonyl (C=O) groups is 4. The fourth-order valence-electron chi connectivity index (χ4n) is 7.15. The van der Waals surface area contributed by atoms with Gasteiger partial charge in [0.05, 0.1) is 41.0 Å². The second-order valence-corrected chi connectivity index (χ2v) is 11.1. The highest BCUT2D eigenvalue weighted by Crippen LogP contribution is 2.64. The number of imide groups is 2. The molecule has 0 unspecified atom stereocenters. The summed E-state index contributed by atoms with van der Waals surface area (Å²) >= 11 is 5.98. The number of nitrogens with zero attached hydrogens (tertiary/aromatic N) is 2. The van der Waals surface area contributed by atoms with E-state index in [1.54, 1.807) is 31.2 Å². The molecule has 39 heavy (non-hydrogen) atoms. The molecule has 2 aromatic rings. The predicted octanol–water partition coefficient (Wildman–Crippen LogP) is 3.81. The highest BCUT2D eigenvalue weighted by molar-refractivity contribution is 6.31. The Hall–Kier alpha value is -3.76. The van der Waals surface area contributed by atoms with E-state index in [0.717, 1.165) is 11.0 Å². The Morgan fingerprint density at radius 1 is 1.08 bits per heavy atom. The van der Waals surface area contributed by atoms with E-state index in [1.807, 2.05) is 0 Å². The molecule has 9 nitrogen and oxygen atoms in total. The van der Waals surface area contributed by atoms with E-state index >= 15 is 0 Å². The second-order valence-electron chi connectivity index (χ2n) is 10.6. The molecule has 0 radical (unpaired) electrons. The molecule has 6 atom stereocenters. The zero-order chi connectivity index (χ0) is 28.0. The van der Waals surface area contributed by atoms with Gasteiger partial charge in [-0.2, -0.15) is 5.06 Å². The summed E-state index contributed by atoms with van der Waals surface area (Å²) in [6, 6.07) is 8.41. The molecule has 2 saturated heterocycles. The Kier molecular flexibility index (Phi) is 5.64. The van der Waals surface area contributed by atoms with Gasteiger partial charge >= 0.3 is 0 Å². The molecule has 4 amide bonds. The van der Waals surface area contributed by atoms with Crippen molar-refractivity contribution in [1.82, 2.24) is 5.06 Å². The molecular weight excluding hydrogens is 531 g/mol. The van der Waals surface area contributed by atoms with E-state index in [9.17, 15) is 33.9 Å². The first-order valence-corrected chi connectivity index (χ1v) is 12.9. The van der Waals surface area contributed by atoms with Crippen LogP contribution in [0.5, 0.6) is 11.5 Å². The summed E-state index contributed by atoms with van der Waals surface area (Å²) < 4.78 is 19.2. The van der Waals surface area contributed by atoms with Crippen molar-refractivity contribution in [3.63, 3.8) is 0 Å². The molecule has 2 aliphatic carbocycles. The quantitative estimate of drug-likeness (QED) is 0.336. The Morgan fingerprint density at radius 2 is 1.82 bits per heavy atom. The van der Waals surface area contributed by atoms with E-state index in [4.69, 9.17) is 16.3 Å². The molecule has 0 aromatic heterocycles. The lowest BCUT2D eigenvalue weighted by Gasteiger charge is -2.49. The lowest BCUT2D eigenvalue weighted by Crippen LogP contribution is -2.48. The molecule has 6 rings (SSSR count). The van der Waals surface area contributed by atoms with Crippen molar-refractivity contribution in [2.45, 2.75) is 25.7 Å². The number of methoxy groups -OCH3 is 1. The number of hydroxylamine groups is 2. The SMILES string of the molecule is COc1cccc([C@H]2C3=CC[C@@H]4C(=O)N(O)C(=O)[C@@H]4[C@@H]3C[C@H]3C(=O)N(c4ccc(F)c(Cl)c4)C(=O)[C@@]23C)c1O. The molecule has 4 aliphatic rings. The van der Waals surface area contributed by atoms with Crippen LogP contribution in [-0.4, -0.2) is 46.1 Å². The fraction of sp³-hybridized carbons (Fsp3) is 0.357. The Bertz CT molecular complexity index is 1510. The standard InChI is InChI=1S/C28H24ClFN2O7/c1-28-17(25(35)31(27(28)37)12-6-9-19(30)18(29)10-12)11-16-13(7-8-14-21(16)26(36)32(38)24(14)34)22(28)15-4-3-5-20(39-2)23(15)33/h3-7,9-10,14,16-17,21-22,33,38H,8,11H2,1-2H3/t14-,16+,17-,21-,22+,28+/m0/s1. The maximum atomic E-state index is 14.2. The molecule has 2 aromatic carbocycles. The molecule has 1 saturated carbocycles. The van der Waals surface area contributed by atoms with Crippen LogP contribution in [0.2, 0.25) is 5.02 Å². The first-order chi connectivity index (χ1) is 18.5. The first kappa shape index (κ1) is 25.5. The third-order valence-corrected chi connectivity index (χ3v) is 9.26. The summed E-state index contributed by atoms with van der Waals surface area (Å²) in [5, 5.41) is 21.2. The number of benzene rings is 2. The molecule has 3 fully saturated rings. The number of aromatic hydroxyl groups is 1. The van der Waals surface area contributed by atoms with Crippen LogP contribution in [-0.2, 0) is 19.2 Å². The van der Waals surface area contributed by atoms with Crippen LogP contribution in [0, 0.1) is 34.9 Å². The third kappa shape index (κ3) is 3.28. The number of phenolic OH excluding ortho intramolecular Hbond substituents is 1. The minimum atomic E-state index is -1.42. The average molecular weight is 555 g/mol. The lowest BCUT2D eigenvalue weighted by molar-refractivity contribution is -0.173. The van der Waals surface area contributed by atoms with Gasteiger partial charge in [0.1, 0.15) is 5.82 Å². The van der Waals surface area contributed by atoms with Crippen molar-refractivity contribution in [2.75, 3.05) is 12.0 Å². The molecule has 11 heteroatoms. The van der Waals surface area contributed by atoms with Gasteiger partial charge in [0, 0.05) is 11.5 Å². The van der Waals surface area contributed by atoms with Crippen LogP contribution < -0.4 is 9.64 Å². The summed E-state index contributed by atoms with van der Waals surface area (Å²) in [6.07, 6.45) is 2.00. The first-order valence-electron chi connectivity index (χ1n) is 12.5. The summed E-state index contributed by atoms with van der Waals surface area (Å²) in [5.74, 6) is -7.52. The Balaban J connectivity index is 1.56. The minimum Gasteiger partial charge on any atom is -0.504 e. The van der Waals surface area contributed by atoms with Gasteiger partial charge in [-0.3, -0.25) is 24.4 Å². The third-order valence-electron chi connectivity index (χ3n) is 8.97. The average Bonchev–Trinajstić information content (AvgIpc) is 3.26. The van der Waals surface area contributed by atoms with E-state index in [2.05, 4.69) is 0 Å². The number of phenols is 1. The van der Waals surface area contributed by atoms with Crippen LogP contribution in [0.15, 0.2) is 48.0 Å². The van der Waals surface area contributed by atoms with Crippen molar-refractivity contribution in [2.24, 2.45) is 29.1 Å². The van der Waals surface area contributed by atoms with Crippen LogP contribution in [0.3, 0.4) is 0 Å². The number of carbonyl (C=O) groups excluding carboxylic acids is 4. The van der Waals surface area contributed by atoms with Gasteiger partial charge < -0.3 is 9.84 Å². The van der Waals surface area contributed by atoms with E-state index in [1.165, 1.54) is 19.2 Å². The molecular formula is C28H24ClFN2O7. The van der Waals surface area contributed by atoms with Gasteiger partial charge in [0.2, 0.25) is 11.8 Å². The smallest absolute Gasteiger partial charge is 0.257 e. The number of ether oxygens (including phenoxy) is 1. The monoisotopic (exact) mass is 554 g/mol. The van der Waals surface area contributed by atoms with Crippen molar-refractivity contribution in [3.8, 4) is 11.5 Å². The maximum absolute atomic E-state index is 14.2. The summed E-state index contributed by atoms with van der Waals surface area (Å²) in [5.41, 5.74) is -0.352. The van der Waals surface area contributed by atoms with E-state index in [0.29, 0.717) is 11.1 Å². The van der Waals surface area contributed by atoms with Crippen molar-refractivity contribution >= 4 is 40.9 Å². The van der Waals surface area contributed by atoms with Crippen LogP contribution in [0.25, 0.3) is 0 Å². The predicted molar refractivity (Wildman–Crippen MR) is 134 cm³/mol. The maximum Gasteiger partial charge on any atom is 0.257 e. The summed E-state index contributed by atoms with van der Waals surface area (Å²) in [4.78, 5) is 54.8.